The Bertz CT molecular complexity index is 241. The molecule has 62 valence electrons. The van der Waals surface area contributed by atoms with Crippen molar-refractivity contribution in [2.24, 2.45) is 0 Å². The summed E-state index contributed by atoms with van der Waals surface area (Å²) in [6.45, 7) is 2.19. The zero-order chi connectivity index (χ0) is 8.81. The SMILES string of the molecule is CC([As])C/C=C\c1cccnc1. The van der Waals surface area contributed by atoms with Crippen LogP contribution in [-0.2, 0) is 0 Å². The molecular weight excluding hydrogens is 209 g/mol. The summed E-state index contributed by atoms with van der Waals surface area (Å²) in [6.07, 6.45) is 9.05. The molecule has 1 unspecified atom stereocenters. The number of hydrogen-bond donors (Lipinski definition) is 0. The average Bonchev–Trinajstić information content (AvgIpc) is 2.05. The fourth-order valence-corrected chi connectivity index (χ4v) is 1.13. The van der Waals surface area contributed by atoms with Crippen molar-refractivity contribution >= 4 is 22.9 Å². The first kappa shape index (κ1) is 9.54. The number of hydrogen-bond acceptors (Lipinski definition) is 1. The van der Waals surface area contributed by atoms with Crippen LogP contribution in [0.4, 0.5) is 0 Å². The third kappa shape index (κ3) is 3.73. The van der Waals surface area contributed by atoms with Gasteiger partial charge in [-0.15, -0.1) is 0 Å². The van der Waals surface area contributed by atoms with E-state index in [0.717, 1.165) is 6.42 Å². The molecular formula is C10H12AsN. The van der Waals surface area contributed by atoms with Gasteiger partial charge in [0.25, 0.3) is 0 Å². The van der Waals surface area contributed by atoms with Crippen LogP contribution in [0.1, 0.15) is 18.9 Å². The predicted octanol–water partition coefficient (Wildman–Crippen LogP) is 2.46. The van der Waals surface area contributed by atoms with Gasteiger partial charge in [0.15, 0.2) is 0 Å². The Morgan fingerprint density at radius 3 is 3.08 bits per heavy atom. The topological polar surface area (TPSA) is 12.9 Å². The van der Waals surface area contributed by atoms with Crippen LogP contribution in [-0.4, -0.2) is 21.8 Å². The molecule has 0 spiro atoms. The van der Waals surface area contributed by atoms with E-state index in [9.17, 15) is 0 Å². The molecule has 0 aliphatic heterocycles. The van der Waals surface area contributed by atoms with Gasteiger partial charge in [0.2, 0.25) is 0 Å². The van der Waals surface area contributed by atoms with E-state index in [1.807, 2.05) is 12.3 Å². The zero-order valence-electron chi connectivity index (χ0n) is 7.14. The van der Waals surface area contributed by atoms with E-state index in [2.05, 4.69) is 47.0 Å². The third-order valence-electron chi connectivity index (χ3n) is 1.47. The molecule has 1 heterocycles. The number of aromatic nitrogens is 1. The van der Waals surface area contributed by atoms with Crippen molar-refractivity contribution in [1.82, 2.24) is 4.98 Å². The molecule has 1 aromatic rings. The van der Waals surface area contributed by atoms with E-state index in [1.54, 1.807) is 6.20 Å². The van der Waals surface area contributed by atoms with E-state index in [-0.39, 0.29) is 0 Å². The van der Waals surface area contributed by atoms with Gasteiger partial charge in [0.05, 0.1) is 0 Å². The van der Waals surface area contributed by atoms with Gasteiger partial charge in [0, 0.05) is 0 Å². The number of rotatable bonds is 3. The summed E-state index contributed by atoms with van der Waals surface area (Å²) in [5, 5.41) is 0. The van der Waals surface area contributed by atoms with Gasteiger partial charge in [-0.3, -0.25) is 0 Å². The Morgan fingerprint density at radius 1 is 1.67 bits per heavy atom. The summed E-state index contributed by atoms with van der Waals surface area (Å²) in [5.74, 6) is 0. The van der Waals surface area contributed by atoms with Crippen molar-refractivity contribution < 1.29 is 0 Å². The van der Waals surface area contributed by atoms with Crippen LogP contribution in [0.15, 0.2) is 30.6 Å². The molecule has 0 aliphatic carbocycles. The Morgan fingerprint density at radius 2 is 2.50 bits per heavy atom. The van der Waals surface area contributed by atoms with Gasteiger partial charge in [-0.25, -0.2) is 0 Å². The van der Waals surface area contributed by atoms with Gasteiger partial charge in [-0.1, -0.05) is 0 Å². The first-order chi connectivity index (χ1) is 5.79. The summed E-state index contributed by atoms with van der Waals surface area (Å²) in [6, 6.07) is 4.00. The Kier molecular flexibility index (Phi) is 4.10. The van der Waals surface area contributed by atoms with Crippen LogP contribution >= 0.6 is 0 Å². The molecule has 0 N–H and O–H groups in total. The van der Waals surface area contributed by atoms with Gasteiger partial charge >= 0.3 is 82.1 Å². The summed E-state index contributed by atoms with van der Waals surface area (Å²) in [7, 11) is 0. The number of allylic oxidation sites excluding steroid dienone is 1. The number of nitrogens with zero attached hydrogens (tertiary/aromatic N) is 1. The van der Waals surface area contributed by atoms with Crippen LogP contribution in [0, 0.1) is 0 Å². The molecule has 1 rings (SSSR count). The monoisotopic (exact) mass is 221 g/mol. The first-order valence-corrected chi connectivity index (χ1v) is 5.12. The second-order valence-corrected chi connectivity index (χ2v) is 4.62. The van der Waals surface area contributed by atoms with E-state index in [0.29, 0.717) is 4.71 Å². The van der Waals surface area contributed by atoms with Crippen LogP contribution in [0.3, 0.4) is 0 Å². The molecule has 1 nitrogen and oxygen atoms in total. The molecule has 1 atom stereocenters. The van der Waals surface area contributed by atoms with E-state index < -0.39 is 0 Å². The fraction of sp³-hybridized carbons (Fsp3) is 0.300. The van der Waals surface area contributed by atoms with Crippen molar-refractivity contribution in [3.8, 4) is 0 Å². The molecule has 0 aliphatic rings. The fourth-order valence-electron chi connectivity index (χ4n) is 0.876. The second-order valence-electron chi connectivity index (χ2n) is 2.77. The molecule has 0 aromatic carbocycles. The van der Waals surface area contributed by atoms with Gasteiger partial charge in [0.1, 0.15) is 0 Å². The predicted molar refractivity (Wildman–Crippen MR) is 53.1 cm³/mol. The van der Waals surface area contributed by atoms with Crippen LogP contribution in [0.5, 0.6) is 0 Å². The van der Waals surface area contributed by atoms with Gasteiger partial charge < -0.3 is 0 Å². The quantitative estimate of drug-likeness (QED) is 0.714. The molecule has 12 heavy (non-hydrogen) atoms. The van der Waals surface area contributed by atoms with Crippen molar-refractivity contribution in [3.05, 3.63) is 36.2 Å². The summed E-state index contributed by atoms with van der Waals surface area (Å²) < 4.78 is 0.672. The molecule has 1 aromatic heterocycles. The molecule has 2 radical (unpaired) electrons. The van der Waals surface area contributed by atoms with E-state index in [1.165, 1.54) is 5.56 Å². The van der Waals surface area contributed by atoms with E-state index in [4.69, 9.17) is 0 Å². The zero-order valence-corrected chi connectivity index (χ0v) is 9.02. The summed E-state index contributed by atoms with van der Waals surface area (Å²) in [4.78, 5) is 4.03. The van der Waals surface area contributed by atoms with E-state index >= 15 is 0 Å². The van der Waals surface area contributed by atoms with Crippen LogP contribution in [0.25, 0.3) is 6.08 Å². The first-order valence-electron chi connectivity index (χ1n) is 4.03. The third-order valence-corrected chi connectivity index (χ3v) is 1.91. The minimum absolute atomic E-state index is 0.672. The maximum atomic E-state index is 4.03. The molecule has 0 saturated heterocycles. The molecule has 0 bridgehead atoms. The van der Waals surface area contributed by atoms with Crippen molar-refractivity contribution in [2.45, 2.75) is 18.1 Å². The van der Waals surface area contributed by atoms with Crippen molar-refractivity contribution in [2.75, 3.05) is 0 Å². The van der Waals surface area contributed by atoms with Crippen molar-refractivity contribution in [3.63, 3.8) is 0 Å². The Balaban J connectivity index is 2.47. The number of pyridine rings is 1. The maximum absolute atomic E-state index is 4.03. The molecule has 0 saturated carbocycles. The standard InChI is InChI=1S/C10H12AsN/c1-9(11)4-2-5-10-6-3-7-12-8-10/h2-3,5-9H,4H2,1H3/b5-2-. The molecule has 2 heteroatoms. The van der Waals surface area contributed by atoms with Crippen molar-refractivity contribution in [1.29, 1.82) is 0 Å². The molecule has 0 fully saturated rings. The molecule has 0 amide bonds. The summed E-state index contributed by atoms with van der Waals surface area (Å²) >= 11 is 2.64. The average molecular weight is 221 g/mol. The Labute approximate surface area is 82.4 Å². The van der Waals surface area contributed by atoms with Crippen LogP contribution in [0.2, 0.25) is 4.71 Å². The minimum atomic E-state index is 0.672. The summed E-state index contributed by atoms with van der Waals surface area (Å²) in [5.41, 5.74) is 1.17. The normalized spacial score (nSPS) is 13.5. The Hall–Kier alpha value is -0.552. The van der Waals surface area contributed by atoms with Gasteiger partial charge in [-0.2, -0.15) is 0 Å². The van der Waals surface area contributed by atoms with Gasteiger partial charge in [-0.05, 0) is 0 Å². The second kappa shape index (κ2) is 5.16. The van der Waals surface area contributed by atoms with Crippen LogP contribution < -0.4 is 0 Å².